The molecule has 26 heavy (non-hydrogen) atoms. The van der Waals surface area contributed by atoms with Gasteiger partial charge in [-0.25, -0.2) is 12.8 Å². The standard InChI is InChI=1S/C20H15Cl2FO2S/c21-18-6-3-14(9-19(18)22)17-11-20(7-8-20)10-16(17)13-1-4-15(5-2-13)26(24,25)12-23/h1-6,9-11H,7-8,12H2. The van der Waals surface area contributed by atoms with Crippen LogP contribution in [0.2, 0.25) is 10.0 Å². The molecule has 2 nitrogen and oxygen atoms in total. The maximum atomic E-state index is 12.7. The molecule has 0 saturated heterocycles. The van der Waals surface area contributed by atoms with Crippen LogP contribution in [0, 0.1) is 5.41 Å². The quantitative estimate of drug-likeness (QED) is 0.625. The molecule has 0 aliphatic heterocycles. The molecule has 2 aliphatic carbocycles. The SMILES string of the molecule is O=S(=O)(CF)c1ccc(C2=CC3(C=C2c2ccc(Cl)c(Cl)c2)CC3)cc1. The molecular weight excluding hydrogens is 394 g/mol. The van der Waals surface area contributed by atoms with Crippen LogP contribution in [0.5, 0.6) is 0 Å². The summed E-state index contributed by atoms with van der Waals surface area (Å²) in [6.07, 6.45) is 6.66. The van der Waals surface area contributed by atoms with Crippen molar-refractivity contribution in [3.63, 3.8) is 0 Å². The second kappa shape index (κ2) is 6.22. The summed E-state index contributed by atoms with van der Waals surface area (Å²) in [5, 5.41) is 0.993. The van der Waals surface area contributed by atoms with Gasteiger partial charge < -0.3 is 0 Å². The lowest BCUT2D eigenvalue weighted by Crippen LogP contribution is -2.02. The minimum absolute atomic E-state index is 0.0106. The topological polar surface area (TPSA) is 34.1 Å². The molecule has 0 aromatic heterocycles. The van der Waals surface area contributed by atoms with Crippen LogP contribution in [-0.4, -0.2) is 14.4 Å². The average Bonchev–Trinajstić information content (AvgIpc) is 3.28. The zero-order chi connectivity index (χ0) is 18.5. The third-order valence-electron chi connectivity index (χ3n) is 4.88. The van der Waals surface area contributed by atoms with Crippen molar-refractivity contribution in [1.82, 2.24) is 0 Å². The van der Waals surface area contributed by atoms with E-state index in [0.717, 1.165) is 35.1 Å². The summed E-state index contributed by atoms with van der Waals surface area (Å²) in [6, 6.07) is 10.5. The molecule has 1 fully saturated rings. The fourth-order valence-corrected chi connectivity index (χ4v) is 4.23. The first kappa shape index (κ1) is 17.8. The third kappa shape index (κ3) is 3.11. The number of hydrogen-bond donors (Lipinski definition) is 0. The molecule has 2 aromatic carbocycles. The van der Waals surface area contributed by atoms with Gasteiger partial charge in [-0.1, -0.05) is 53.6 Å². The van der Waals surface area contributed by atoms with Gasteiger partial charge in [-0.05, 0) is 59.4 Å². The zero-order valence-corrected chi connectivity index (χ0v) is 16.0. The molecule has 0 bridgehead atoms. The van der Waals surface area contributed by atoms with Crippen molar-refractivity contribution in [2.75, 3.05) is 6.01 Å². The molecule has 6 heteroatoms. The fraction of sp³-hybridized carbons (Fsp3) is 0.200. The first-order chi connectivity index (χ1) is 12.3. The highest BCUT2D eigenvalue weighted by molar-refractivity contribution is 7.91. The largest absolute Gasteiger partial charge is 0.233 e. The fourth-order valence-electron chi connectivity index (χ4n) is 3.25. The Bertz CT molecular complexity index is 1050. The summed E-state index contributed by atoms with van der Waals surface area (Å²) in [4.78, 5) is -0.0106. The van der Waals surface area contributed by atoms with E-state index >= 15 is 0 Å². The monoisotopic (exact) mass is 408 g/mol. The highest BCUT2D eigenvalue weighted by atomic mass is 35.5. The molecule has 0 atom stereocenters. The predicted molar refractivity (Wildman–Crippen MR) is 104 cm³/mol. The smallest absolute Gasteiger partial charge is 0.207 e. The van der Waals surface area contributed by atoms with E-state index in [-0.39, 0.29) is 10.3 Å². The lowest BCUT2D eigenvalue weighted by Gasteiger charge is -2.11. The molecule has 1 spiro atoms. The van der Waals surface area contributed by atoms with E-state index in [1.165, 1.54) is 12.1 Å². The van der Waals surface area contributed by atoms with E-state index in [1.54, 1.807) is 18.2 Å². The number of alkyl halides is 1. The van der Waals surface area contributed by atoms with Gasteiger partial charge in [0.25, 0.3) is 0 Å². The van der Waals surface area contributed by atoms with Gasteiger partial charge in [0.2, 0.25) is 9.84 Å². The number of benzene rings is 2. The number of rotatable bonds is 4. The van der Waals surface area contributed by atoms with Crippen LogP contribution < -0.4 is 0 Å². The van der Waals surface area contributed by atoms with Crippen molar-refractivity contribution in [3.8, 4) is 0 Å². The molecule has 0 radical (unpaired) electrons. The molecule has 0 N–H and O–H groups in total. The summed E-state index contributed by atoms with van der Waals surface area (Å²) in [7, 11) is -3.86. The maximum Gasteiger partial charge on any atom is 0.207 e. The van der Waals surface area contributed by atoms with Gasteiger partial charge in [-0.15, -0.1) is 0 Å². The Morgan fingerprint density at radius 3 is 2.00 bits per heavy atom. The van der Waals surface area contributed by atoms with E-state index in [2.05, 4.69) is 12.2 Å². The van der Waals surface area contributed by atoms with Crippen LogP contribution in [-0.2, 0) is 9.84 Å². The predicted octanol–water partition coefficient (Wildman–Crippen LogP) is 5.95. The number of sulfone groups is 1. The Labute approximate surface area is 161 Å². The summed E-state index contributed by atoms with van der Waals surface area (Å²) < 4.78 is 36.0. The Balaban J connectivity index is 1.75. The van der Waals surface area contributed by atoms with Gasteiger partial charge in [-0.3, -0.25) is 0 Å². The molecule has 2 aromatic rings. The third-order valence-corrected chi connectivity index (χ3v) is 6.90. The van der Waals surface area contributed by atoms with E-state index in [0.29, 0.717) is 10.0 Å². The summed E-state index contributed by atoms with van der Waals surface area (Å²) in [5.74, 6) is 0. The van der Waals surface area contributed by atoms with Gasteiger partial charge in [0, 0.05) is 5.41 Å². The van der Waals surface area contributed by atoms with Crippen molar-refractivity contribution >= 4 is 44.2 Å². The van der Waals surface area contributed by atoms with Gasteiger partial charge in [0.15, 0.2) is 6.01 Å². The van der Waals surface area contributed by atoms with Crippen molar-refractivity contribution in [1.29, 1.82) is 0 Å². The first-order valence-electron chi connectivity index (χ1n) is 8.14. The average molecular weight is 409 g/mol. The highest BCUT2D eigenvalue weighted by Crippen LogP contribution is 2.57. The van der Waals surface area contributed by atoms with Gasteiger partial charge in [0.05, 0.1) is 14.9 Å². The molecule has 0 unspecified atom stereocenters. The van der Waals surface area contributed by atoms with Crippen LogP contribution in [0.4, 0.5) is 4.39 Å². The van der Waals surface area contributed by atoms with Crippen LogP contribution in [0.25, 0.3) is 11.1 Å². The van der Waals surface area contributed by atoms with Gasteiger partial charge in [0.1, 0.15) is 0 Å². The highest BCUT2D eigenvalue weighted by Gasteiger charge is 2.43. The summed E-state index contributed by atoms with van der Waals surface area (Å²) >= 11 is 12.2. The van der Waals surface area contributed by atoms with E-state index in [4.69, 9.17) is 23.2 Å². The number of hydrogen-bond acceptors (Lipinski definition) is 2. The van der Waals surface area contributed by atoms with Gasteiger partial charge in [-0.2, -0.15) is 0 Å². The van der Waals surface area contributed by atoms with Crippen LogP contribution in [0.1, 0.15) is 24.0 Å². The maximum absolute atomic E-state index is 12.7. The Morgan fingerprint density at radius 1 is 0.885 bits per heavy atom. The van der Waals surface area contributed by atoms with Crippen molar-refractivity contribution in [3.05, 3.63) is 75.8 Å². The lowest BCUT2D eigenvalue weighted by atomic mass is 9.95. The van der Waals surface area contributed by atoms with E-state index in [1.807, 2.05) is 12.1 Å². The minimum atomic E-state index is -3.86. The Morgan fingerprint density at radius 2 is 1.46 bits per heavy atom. The molecule has 4 rings (SSSR count). The van der Waals surface area contributed by atoms with Crippen LogP contribution in [0.3, 0.4) is 0 Å². The second-order valence-corrected chi connectivity index (χ2v) is 9.46. The normalized spacial score (nSPS) is 18.0. The molecule has 0 heterocycles. The summed E-state index contributed by atoms with van der Waals surface area (Å²) in [5.41, 5.74) is 4.03. The van der Waals surface area contributed by atoms with E-state index in [9.17, 15) is 12.8 Å². The lowest BCUT2D eigenvalue weighted by molar-refractivity contribution is 0.534. The zero-order valence-electron chi connectivity index (χ0n) is 13.7. The molecule has 2 aliphatic rings. The Hall–Kier alpha value is -1.62. The van der Waals surface area contributed by atoms with Crippen molar-refractivity contribution < 1.29 is 12.8 Å². The second-order valence-electron chi connectivity index (χ2n) is 6.73. The molecular formula is C20H15Cl2FO2S. The molecule has 0 amide bonds. The number of halogens is 3. The van der Waals surface area contributed by atoms with Crippen LogP contribution in [0.15, 0.2) is 59.5 Å². The van der Waals surface area contributed by atoms with Crippen molar-refractivity contribution in [2.24, 2.45) is 5.41 Å². The first-order valence-corrected chi connectivity index (χ1v) is 10.6. The van der Waals surface area contributed by atoms with E-state index < -0.39 is 15.8 Å². The van der Waals surface area contributed by atoms with Crippen LogP contribution >= 0.6 is 23.2 Å². The summed E-state index contributed by atoms with van der Waals surface area (Å²) in [6.45, 7) is 0. The number of allylic oxidation sites excluding steroid dienone is 4. The van der Waals surface area contributed by atoms with Gasteiger partial charge >= 0.3 is 0 Å². The molecule has 1 saturated carbocycles. The van der Waals surface area contributed by atoms with Crippen molar-refractivity contribution in [2.45, 2.75) is 17.7 Å². The molecule has 134 valence electrons. The minimum Gasteiger partial charge on any atom is -0.233 e. The Kier molecular flexibility index (Phi) is 4.25.